The molecule has 4 aromatic rings. The van der Waals surface area contributed by atoms with Crippen molar-refractivity contribution in [2.24, 2.45) is 0 Å². The van der Waals surface area contributed by atoms with Crippen LogP contribution in [0, 0.1) is 6.92 Å². The molecule has 0 saturated carbocycles. The highest BCUT2D eigenvalue weighted by atomic mass is 15.1. The standard InChI is InChI=1S/C23H30N6/c1-4-29(5-2)12-6-10-24-15-17-7-8-20-18(13-17)14-21(28-20)19-9-11-25-23-22(19)26-16(3)27-23/h7-9,11,13-14,24,28H,4-6,10,12,15H2,1-3H3,(H,25,26,27). The number of benzene rings is 1. The van der Waals surface area contributed by atoms with Crippen LogP contribution in [-0.4, -0.2) is 51.0 Å². The third kappa shape index (κ3) is 4.33. The van der Waals surface area contributed by atoms with Crippen molar-refractivity contribution < 1.29 is 0 Å². The fourth-order valence-electron chi connectivity index (χ4n) is 3.89. The van der Waals surface area contributed by atoms with Crippen LogP contribution in [0.15, 0.2) is 36.5 Å². The number of nitrogens with zero attached hydrogens (tertiary/aromatic N) is 3. The van der Waals surface area contributed by atoms with Gasteiger partial charge in [0.1, 0.15) is 5.82 Å². The summed E-state index contributed by atoms with van der Waals surface area (Å²) in [7, 11) is 0. The van der Waals surface area contributed by atoms with Crippen LogP contribution in [0.25, 0.3) is 33.3 Å². The second-order valence-corrected chi connectivity index (χ2v) is 7.54. The molecular formula is C23H30N6. The Morgan fingerprint density at radius 1 is 1.07 bits per heavy atom. The van der Waals surface area contributed by atoms with Gasteiger partial charge in [0, 0.05) is 34.9 Å². The molecule has 0 unspecified atom stereocenters. The molecule has 3 heterocycles. The Morgan fingerprint density at radius 3 is 2.76 bits per heavy atom. The van der Waals surface area contributed by atoms with Crippen molar-refractivity contribution in [2.75, 3.05) is 26.2 Å². The normalized spacial score (nSPS) is 11.9. The van der Waals surface area contributed by atoms with Gasteiger partial charge in [0.05, 0.1) is 5.52 Å². The Labute approximate surface area is 171 Å². The van der Waals surface area contributed by atoms with Crippen molar-refractivity contribution in [1.82, 2.24) is 30.2 Å². The maximum Gasteiger partial charge on any atom is 0.178 e. The first-order valence-electron chi connectivity index (χ1n) is 10.5. The number of rotatable bonds is 9. The lowest BCUT2D eigenvalue weighted by Gasteiger charge is -2.17. The topological polar surface area (TPSA) is 72.6 Å². The number of fused-ring (bicyclic) bond motifs is 2. The molecule has 1 aromatic carbocycles. The van der Waals surface area contributed by atoms with Crippen LogP contribution >= 0.6 is 0 Å². The Hall–Kier alpha value is -2.70. The van der Waals surface area contributed by atoms with Crippen LogP contribution in [0.3, 0.4) is 0 Å². The molecule has 0 aliphatic rings. The molecule has 29 heavy (non-hydrogen) atoms. The third-order valence-electron chi connectivity index (χ3n) is 5.54. The average molecular weight is 391 g/mol. The van der Waals surface area contributed by atoms with Crippen molar-refractivity contribution in [3.63, 3.8) is 0 Å². The zero-order chi connectivity index (χ0) is 20.2. The molecule has 6 nitrogen and oxygen atoms in total. The molecule has 3 N–H and O–H groups in total. The second kappa shape index (κ2) is 8.76. The first-order chi connectivity index (χ1) is 14.2. The van der Waals surface area contributed by atoms with Crippen LogP contribution in [0.5, 0.6) is 0 Å². The van der Waals surface area contributed by atoms with Crippen LogP contribution < -0.4 is 5.32 Å². The maximum atomic E-state index is 4.45. The summed E-state index contributed by atoms with van der Waals surface area (Å²) in [6.07, 6.45) is 3.00. The van der Waals surface area contributed by atoms with Gasteiger partial charge in [-0.05, 0) is 69.4 Å². The molecule has 0 spiro atoms. The predicted octanol–water partition coefficient (Wildman–Crippen LogP) is 4.24. The third-order valence-corrected chi connectivity index (χ3v) is 5.54. The number of nitrogens with one attached hydrogen (secondary N) is 3. The molecular weight excluding hydrogens is 360 g/mol. The van der Waals surface area contributed by atoms with Gasteiger partial charge >= 0.3 is 0 Å². The lowest BCUT2D eigenvalue weighted by atomic mass is 10.1. The molecule has 0 atom stereocenters. The molecule has 0 aliphatic heterocycles. The highest BCUT2D eigenvalue weighted by Gasteiger charge is 2.11. The molecule has 152 valence electrons. The van der Waals surface area contributed by atoms with E-state index < -0.39 is 0 Å². The minimum absolute atomic E-state index is 0.758. The van der Waals surface area contributed by atoms with E-state index in [1.165, 1.54) is 17.4 Å². The van der Waals surface area contributed by atoms with Crippen LogP contribution in [-0.2, 0) is 6.54 Å². The highest BCUT2D eigenvalue weighted by Crippen LogP contribution is 2.29. The number of aromatic nitrogens is 4. The summed E-state index contributed by atoms with van der Waals surface area (Å²) >= 11 is 0. The zero-order valence-corrected chi connectivity index (χ0v) is 17.5. The van der Waals surface area contributed by atoms with Gasteiger partial charge in [-0.2, -0.15) is 0 Å². The minimum atomic E-state index is 0.758. The van der Waals surface area contributed by atoms with Crippen molar-refractivity contribution >= 4 is 22.1 Å². The van der Waals surface area contributed by atoms with E-state index in [2.05, 4.69) is 68.3 Å². The van der Waals surface area contributed by atoms with E-state index in [9.17, 15) is 0 Å². The summed E-state index contributed by atoms with van der Waals surface area (Å²) in [6.45, 7) is 11.8. The van der Waals surface area contributed by atoms with Crippen LogP contribution in [0.2, 0.25) is 0 Å². The van der Waals surface area contributed by atoms with E-state index in [1.54, 1.807) is 0 Å². The van der Waals surface area contributed by atoms with Crippen LogP contribution in [0.1, 0.15) is 31.7 Å². The van der Waals surface area contributed by atoms with E-state index in [0.29, 0.717) is 0 Å². The number of aromatic amines is 2. The van der Waals surface area contributed by atoms with Crippen molar-refractivity contribution in [3.05, 3.63) is 47.9 Å². The van der Waals surface area contributed by atoms with Gasteiger partial charge in [-0.1, -0.05) is 19.9 Å². The van der Waals surface area contributed by atoms with Crippen molar-refractivity contribution in [2.45, 2.75) is 33.7 Å². The van der Waals surface area contributed by atoms with Gasteiger partial charge in [-0.3, -0.25) is 0 Å². The van der Waals surface area contributed by atoms with E-state index in [-0.39, 0.29) is 0 Å². The summed E-state index contributed by atoms with van der Waals surface area (Å²) < 4.78 is 0. The molecule has 0 saturated heterocycles. The Bertz CT molecular complexity index is 1090. The monoisotopic (exact) mass is 390 g/mol. The zero-order valence-electron chi connectivity index (χ0n) is 17.5. The molecule has 4 rings (SSSR count). The van der Waals surface area contributed by atoms with E-state index in [4.69, 9.17) is 0 Å². The Balaban J connectivity index is 1.45. The van der Waals surface area contributed by atoms with E-state index >= 15 is 0 Å². The predicted molar refractivity (Wildman–Crippen MR) is 120 cm³/mol. The van der Waals surface area contributed by atoms with Gasteiger partial charge in [0.2, 0.25) is 0 Å². The smallest absolute Gasteiger partial charge is 0.178 e. The Morgan fingerprint density at radius 2 is 1.93 bits per heavy atom. The first kappa shape index (κ1) is 19.6. The van der Waals surface area contributed by atoms with Gasteiger partial charge in [0.15, 0.2) is 5.65 Å². The Kier molecular flexibility index (Phi) is 5.92. The lowest BCUT2D eigenvalue weighted by Crippen LogP contribution is -2.27. The van der Waals surface area contributed by atoms with Gasteiger partial charge in [-0.25, -0.2) is 9.97 Å². The fourth-order valence-corrected chi connectivity index (χ4v) is 3.89. The van der Waals surface area contributed by atoms with Gasteiger partial charge < -0.3 is 20.2 Å². The quantitative estimate of drug-likeness (QED) is 0.374. The summed E-state index contributed by atoms with van der Waals surface area (Å²) in [5, 5.41) is 4.80. The van der Waals surface area contributed by atoms with Gasteiger partial charge in [-0.15, -0.1) is 0 Å². The molecule has 0 radical (unpaired) electrons. The number of hydrogen-bond acceptors (Lipinski definition) is 4. The molecule has 3 aromatic heterocycles. The number of imidazole rings is 1. The second-order valence-electron chi connectivity index (χ2n) is 7.54. The fraction of sp³-hybridized carbons (Fsp3) is 0.391. The summed E-state index contributed by atoms with van der Waals surface area (Å²) in [6, 6.07) is 10.9. The van der Waals surface area contributed by atoms with E-state index in [1.807, 2.05) is 19.2 Å². The molecule has 0 aliphatic carbocycles. The largest absolute Gasteiger partial charge is 0.354 e. The first-order valence-corrected chi connectivity index (χ1v) is 10.5. The number of hydrogen-bond donors (Lipinski definition) is 3. The molecule has 6 heteroatoms. The maximum absolute atomic E-state index is 4.45. The van der Waals surface area contributed by atoms with Gasteiger partial charge in [0.25, 0.3) is 0 Å². The number of H-pyrrole nitrogens is 2. The summed E-state index contributed by atoms with van der Waals surface area (Å²) in [5.41, 5.74) is 6.37. The highest BCUT2D eigenvalue weighted by molar-refractivity contribution is 5.94. The van der Waals surface area contributed by atoms with Crippen LogP contribution in [0.4, 0.5) is 0 Å². The van der Waals surface area contributed by atoms with E-state index in [0.717, 1.165) is 66.5 Å². The van der Waals surface area contributed by atoms with Crippen molar-refractivity contribution in [3.8, 4) is 11.3 Å². The average Bonchev–Trinajstić information content (AvgIpc) is 3.32. The number of aryl methyl sites for hydroxylation is 1. The molecule has 0 bridgehead atoms. The molecule has 0 amide bonds. The summed E-state index contributed by atoms with van der Waals surface area (Å²) in [5.74, 6) is 0.880. The lowest BCUT2D eigenvalue weighted by molar-refractivity contribution is 0.298. The van der Waals surface area contributed by atoms with Crippen molar-refractivity contribution in [1.29, 1.82) is 0 Å². The molecule has 0 fully saturated rings. The summed E-state index contributed by atoms with van der Waals surface area (Å²) in [4.78, 5) is 18.1. The SMILES string of the molecule is CCN(CC)CCCNCc1ccc2[nH]c(-c3ccnc4nc(C)[nH]c34)cc2c1. The minimum Gasteiger partial charge on any atom is -0.354 e. The number of pyridine rings is 1.